The van der Waals surface area contributed by atoms with Crippen LogP contribution in [0.2, 0.25) is 5.02 Å². The first-order chi connectivity index (χ1) is 9.80. The van der Waals surface area contributed by atoms with Gasteiger partial charge in [0, 0.05) is 31.6 Å². The van der Waals surface area contributed by atoms with Crippen molar-refractivity contribution in [2.75, 3.05) is 31.1 Å². The predicted molar refractivity (Wildman–Crippen MR) is 82.7 cm³/mol. The highest BCUT2D eigenvalue weighted by atomic mass is 35.5. The van der Waals surface area contributed by atoms with E-state index in [4.69, 9.17) is 11.6 Å². The van der Waals surface area contributed by atoms with Gasteiger partial charge < -0.3 is 9.80 Å². The third kappa shape index (κ3) is 3.56. The summed E-state index contributed by atoms with van der Waals surface area (Å²) >= 11 is 6.05. The van der Waals surface area contributed by atoms with Gasteiger partial charge in [0.05, 0.1) is 11.9 Å². The highest BCUT2D eigenvalue weighted by Gasteiger charge is 2.29. The molecule has 21 heavy (non-hydrogen) atoms. The van der Waals surface area contributed by atoms with Crippen LogP contribution in [-0.2, 0) is 4.79 Å². The number of carbonyl (C=O) groups is 1. The number of hydrogen-bond acceptors (Lipinski definition) is 4. The van der Waals surface area contributed by atoms with E-state index in [9.17, 15) is 9.59 Å². The van der Waals surface area contributed by atoms with Crippen LogP contribution < -0.4 is 10.5 Å². The second-order valence-electron chi connectivity index (χ2n) is 6.28. The lowest BCUT2D eigenvalue weighted by atomic mass is 9.94. The van der Waals surface area contributed by atoms with E-state index in [0.717, 1.165) is 19.5 Å². The van der Waals surface area contributed by atoms with Crippen molar-refractivity contribution in [3.63, 3.8) is 0 Å². The number of nitrogens with one attached hydrogen (secondary N) is 1. The van der Waals surface area contributed by atoms with Crippen LogP contribution in [0.3, 0.4) is 0 Å². The molecule has 0 unspecified atom stereocenters. The lowest BCUT2D eigenvalue weighted by Crippen LogP contribution is -2.41. The molecule has 0 spiro atoms. The van der Waals surface area contributed by atoms with E-state index in [2.05, 4.69) is 10.2 Å². The van der Waals surface area contributed by atoms with Crippen molar-refractivity contribution >= 4 is 23.2 Å². The smallest absolute Gasteiger partial charge is 0.285 e. The maximum atomic E-state index is 12.4. The summed E-state index contributed by atoms with van der Waals surface area (Å²) in [5, 5.41) is 6.27. The minimum atomic E-state index is -0.388. The SMILES string of the molecule is CC(C)(C)C(=O)N1CCCN(c2cn[nH]c(=O)c2Cl)CC1. The Morgan fingerprint density at radius 1 is 1.29 bits per heavy atom. The fourth-order valence-electron chi connectivity index (χ4n) is 2.43. The van der Waals surface area contributed by atoms with Gasteiger partial charge >= 0.3 is 0 Å². The Labute approximate surface area is 129 Å². The van der Waals surface area contributed by atoms with Gasteiger partial charge in [-0.05, 0) is 6.42 Å². The number of H-pyrrole nitrogens is 1. The number of amides is 1. The van der Waals surface area contributed by atoms with Gasteiger partial charge in [0.25, 0.3) is 5.56 Å². The molecule has 1 saturated heterocycles. The first kappa shape index (κ1) is 15.8. The summed E-state index contributed by atoms with van der Waals surface area (Å²) < 4.78 is 0. The van der Waals surface area contributed by atoms with Gasteiger partial charge in [0.15, 0.2) is 0 Å². The number of halogens is 1. The van der Waals surface area contributed by atoms with Gasteiger partial charge in [-0.3, -0.25) is 9.59 Å². The van der Waals surface area contributed by atoms with Gasteiger partial charge in [-0.1, -0.05) is 32.4 Å². The molecule has 116 valence electrons. The standard InChI is InChI=1S/C14H21ClN4O2/c1-14(2,3)13(21)19-6-4-5-18(7-8-19)10-9-16-17-12(20)11(10)15/h9H,4-8H2,1-3H3,(H,17,20). The Morgan fingerprint density at radius 3 is 2.67 bits per heavy atom. The van der Waals surface area contributed by atoms with Crippen molar-refractivity contribution in [2.24, 2.45) is 5.41 Å². The number of carbonyl (C=O) groups excluding carboxylic acids is 1. The Hall–Kier alpha value is -1.56. The number of hydrogen-bond donors (Lipinski definition) is 1. The van der Waals surface area contributed by atoms with E-state index in [0.29, 0.717) is 18.8 Å². The molecule has 0 aliphatic carbocycles. The molecule has 6 nitrogen and oxygen atoms in total. The van der Waals surface area contributed by atoms with Gasteiger partial charge in [-0.2, -0.15) is 5.10 Å². The molecule has 0 atom stereocenters. The van der Waals surface area contributed by atoms with E-state index in [-0.39, 0.29) is 21.9 Å². The highest BCUT2D eigenvalue weighted by molar-refractivity contribution is 6.32. The topological polar surface area (TPSA) is 69.3 Å². The normalized spacial score (nSPS) is 16.8. The molecule has 0 radical (unpaired) electrons. The zero-order valence-electron chi connectivity index (χ0n) is 12.6. The zero-order chi connectivity index (χ0) is 15.6. The van der Waals surface area contributed by atoms with Crippen LogP contribution in [0, 0.1) is 5.41 Å². The van der Waals surface area contributed by atoms with Crippen molar-refractivity contribution in [1.82, 2.24) is 15.1 Å². The average molecular weight is 313 g/mol. The maximum absolute atomic E-state index is 12.4. The van der Waals surface area contributed by atoms with Crippen molar-refractivity contribution in [3.8, 4) is 0 Å². The zero-order valence-corrected chi connectivity index (χ0v) is 13.4. The van der Waals surface area contributed by atoms with E-state index >= 15 is 0 Å². The summed E-state index contributed by atoms with van der Waals surface area (Å²) in [7, 11) is 0. The van der Waals surface area contributed by atoms with Gasteiger partial charge in [0.1, 0.15) is 5.02 Å². The summed E-state index contributed by atoms with van der Waals surface area (Å²) in [4.78, 5) is 27.8. The van der Waals surface area contributed by atoms with Crippen LogP contribution >= 0.6 is 11.6 Å². The fourth-order valence-corrected chi connectivity index (χ4v) is 2.64. The van der Waals surface area contributed by atoms with E-state index in [1.165, 1.54) is 0 Å². The lowest BCUT2D eigenvalue weighted by molar-refractivity contribution is -0.139. The number of rotatable bonds is 1. The van der Waals surface area contributed by atoms with Crippen LogP contribution in [-0.4, -0.2) is 47.2 Å². The van der Waals surface area contributed by atoms with E-state index in [1.807, 2.05) is 30.6 Å². The minimum absolute atomic E-state index is 0.152. The molecule has 1 N–H and O–H groups in total. The Balaban J connectivity index is 2.13. The molecule has 1 aromatic rings. The Kier molecular flexibility index (Phi) is 4.56. The number of aromatic nitrogens is 2. The predicted octanol–water partition coefficient (Wildman–Crippen LogP) is 1.51. The lowest BCUT2D eigenvalue weighted by Gasteiger charge is -2.28. The minimum Gasteiger partial charge on any atom is -0.367 e. The molecule has 1 aliphatic rings. The summed E-state index contributed by atoms with van der Waals surface area (Å²) in [6.45, 7) is 8.52. The van der Waals surface area contributed by atoms with Crippen molar-refractivity contribution < 1.29 is 4.79 Å². The van der Waals surface area contributed by atoms with Gasteiger partial charge in [-0.25, -0.2) is 5.10 Å². The van der Waals surface area contributed by atoms with Crippen molar-refractivity contribution in [3.05, 3.63) is 21.6 Å². The molecule has 1 aromatic heterocycles. The fraction of sp³-hybridized carbons (Fsp3) is 0.643. The molecular formula is C14H21ClN4O2. The number of nitrogens with zero attached hydrogens (tertiary/aromatic N) is 3. The molecule has 1 aliphatic heterocycles. The molecule has 2 rings (SSSR count). The van der Waals surface area contributed by atoms with Gasteiger partial charge in [0.2, 0.25) is 5.91 Å². The third-order valence-corrected chi connectivity index (χ3v) is 3.91. The second kappa shape index (κ2) is 6.05. The van der Waals surface area contributed by atoms with E-state index < -0.39 is 0 Å². The van der Waals surface area contributed by atoms with Crippen molar-refractivity contribution in [1.29, 1.82) is 0 Å². The summed E-state index contributed by atoms with van der Waals surface area (Å²) in [5.74, 6) is 0.152. The molecular weight excluding hydrogens is 292 g/mol. The van der Waals surface area contributed by atoms with E-state index in [1.54, 1.807) is 6.20 Å². The molecule has 0 saturated carbocycles. The molecule has 7 heteroatoms. The third-order valence-electron chi connectivity index (χ3n) is 3.54. The molecule has 0 bridgehead atoms. The van der Waals surface area contributed by atoms with Crippen molar-refractivity contribution in [2.45, 2.75) is 27.2 Å². The van der Waals surface area contributed by atoms with Crippen LogP contribution in [0.4, 0.5) is 5.69 Å². The van der Waals surface area contributed by atoms with Crippen LogP contribution in [0.1, 0.15) is 27.2 Å². The summed E-state index contributed by atoms with van der Waals surface area (Å²) in [5.41, 5.74) is -0.135. The van der Waals surface area contributed by atoms with Crippen LogP contribution in [0.15, 0.2) is 11.0 Å². The summed E-state index contributed by atoms with van der Waals surface area (Å²) in [6, 6.07) is 0. The first-order valence-electron chi connectivity index (χ1n) is 7.08. The number of aromatic amines is 1. The maximum Gasteiger partial charge on any atom is 0.285 e. The molecule has 1 fully saturated rings. The average Bonchev–Trinajstić information content (AvgIpc) is 2.65. The molecule has 0 aromatic carbocycles. The molecule has 2 heterocycles. The highest BCUT2D eigenvalue weighted by Crippen LogP contribution is 2.23. The van der Waals surface area contributed by atoms with Crippen LogP contribution in [0.5, 0.6) is 0 Å². The number of anilines is 1. The quantitative estimate of drug-likeness (QED) is 0.853. The van der Waals surface area contributed by atoms with Crippen LogP contribution in [0.25, 0.3) is 0 Å². The first-order valence-corrected chi connectivity index (χ1v) is 7.46. The molecule has 1 amide bonds. The largest absolute Gasteiger partial charge is 0.367 e. The summed E-state index contributed by atoms with van der Waals surface area (Å²) in [6.07, 6.45) is 2.40. The second-order valence-corrected chi connectivity index (χ2v) is 6.66. The monoisotopic (exact) mass is 312 g/mol. The Bertz CT molecular complexity index is 579. The van der Waals surface area contributed by atoms with Gasteiger partial charge in [-0.15, -0.1) is 0 Å². The Morgan fingerprint density at radius 2 is 2.00 bits per heavy atom.